The zero-order valence-electron chi connectivity index (χ0n) is 14.0. The van der Waals surface area contributed by atoms with E-state index in [4.69, 9.17) is 14.4 Å². The molecule has 0 aliphatic heterocycles. The molecule has 3 rings (SSSR count). The van der Waals surface area contributed by atoms with Gasteiger partial charge in [0, 0.05) is 0 Å². The number of hydrazine groups is 1. The molecule has 0 saturated carbocycles. The SMILES string of the molecule is N#Cc1ccc(OCC(=O)NNC(=O)CSc2nc3ccccc3o2)cc1. The normalized spacial score (nSPS) is 10.2. The molecule has 0 saturated heterocycles. The van der Waals surface area contributed by atoms with Crippen LogP contribution in [0.4, 0.5) is 0 Å². The van der Waals surface area contributed by atoms with E-state index < -0.39 is 11.8 Å². The summed E-state index contributed by atoms with van der Waals surface area (Å²) in [6.07, 6.45) is 0. The van der Waals surface area contributed by atoms with Crippen LogP contribution in [-0.4, -0.2) is 29.2 Å². The van der Waals surface area contributed by atoms with E-state index in [1.165, 1.54) is 0 Å². The summed E-state index contributed by atoms with van der Waals surface area (Å²) < 4.78 is 10.8. The number of aromatic nitrogens is 1. The molecule has 3 aromatic rings. The molecule has 0 spiro atoms. The van der Waals surface area contributed by atoms with Gasteiger partial charge in [0.2, 0.25) is 5.91 Å². The van der Waals surface area contributed by atoms with E-state index in [0.29, 0.717) is 27.6 Å². The van der Waals surface area contributed by atoms with E-state index in [1.54, 1.807) is 30.3 Å². The van der Waals surface area contributed by atoms with Crippen molar-refractivity contribution in [3.8, 4) is 11.8 Å². The number of benzene rings is 2. The summed E-state index contributed by atoms with van der Waals surface area (Å²) in [7, 11) is 0. The van der Waals surface area contributed by atoms with Gasteiger partial charge in [-0.1, -0.05) is 23.9 Å². The lowest BCUT2D eigenvalue weighted by atomic mass is 10.2. The second-order valence-electron chi connectivity index (χ2n) is 5.26. The van der Waals surface area contributed by atoms with Crippen molar-refractivity contribution in [1.82, 2.24) is 15.8 Å². The first-order valence-electron chi connectivity index (χ1n) is 7.83. The van der Waals surface area contributed by atoms with Crippen molar-refractivity contribution < 1.29 is 18.7 Å². The van der Waals surface area contributed by atoms with E-state index in [0.717, 1.165) is 11.8 Å². The Kier molecular flexibility index (Phi) is 5.91. The number of nitrogens with one attached hydrogen (secondary N) is 2. The average Bonchev–Trinajstić information content (AvgIpc) is 3.12. The van der Waals surface area contributed by atoms with Gasteiger partial charge >= 0.3 is 0 Å². The maximum absolute atomic E-state index is 11.8. The number of hydrogen-bond donors (Lipinski definition) is 2. The fourth-order valence-corrected chi connectivity index (χ4v) is 2.66. The Bertz CT molecular complexity index is 962. The van der Waals surface area contributed by atoms with E-state index in [-0.39, 0.29) is 12.4 Å². The standard InChI is InChI=1S/C18H14N4O4S/c19-9-12-5-7-13(8-6-12)25-10-16(23)21-22-17(24)11-27-18-20-14-3-1-2-4-15(14)26-18/h1-8H,10-11H2,(H,21,23)(H,22,24). The van der Waals surface area contributed by atoms with Crippen LogP contribution in [0.3, 0.4) is 0 Å². The zero-order valence-corrected chi connectivity index (χ0v) is 14.8. The van der Waals surface area contributed by atoms with Crippen LogP contribution in [0.5, 0.6) is 5.75 Å². The summed E-state index contributed by atoms with van der Waals surface area (Å²) in [5, 5.41) is 9.09. The number of nitriles is 1. The topological polar surface area (TPSA) is 117 Å². The smallest absolute Gasteiger partial charge is 0.276 e. The molecular formula is C18H14N4O4S. The quantitative estimate of drug-likeness (QED) is 0.495. The van der Waals surface area contributed by atoms with Crippen LogP contribution in [-0.2, 0) is 9.59 Å². The van der Waals surface area contributed by atoms with Gasteiger partial charge in [-0.15, -0.1) is 0 Å². The van der Waals surface area contributed by atoms with Gasteiger partial charge in [-0.05, 0) is 36.4 Å². The van der Waals surface area contributed by atoms with Crippen molar-refractivity contribution in [1.29, 1.82) is 5.26 Å². The highest BCUT2D eigenvalue weighted by molar-refractivity contribution is 7.99. The minimum absolute atomic E-state index is 0.0313. The minimum Gasteiger partial charge on any atom is -0.484 e. The highest BCUT2D eigenvalue weighted by Gasteiger charge is 2.10. The van der Waals surface area contributed by atoms with Crippen LogP contribution in [0.25, 0.3) is 11.1 Å². The minimum atomic E-state index is -0.514. The second kappa shape index (κ2) is 8.73. The number of ether oxygens (including phenoxy) is 1. The molecule has 0 bridgehead atoms. The summed E-state index contributed by atoms with van der Waals surface area (Å²) in [5.41, 5.74) is 6.41. The number of oxazole rings is 1. The fourth-order valence-electron chi connectivity index (χ4n) is 2.03. The van der Waals surface area contributed by atoms with Gasteiger partial charge in [-0.3, -0.25) is 20.4 Å². The average molecular weight is 382 g/mol. The number of fused-ring (bicyclic) bond motifs is 1. The van der Waals surface area contributed by atoms with Crippen LogP contribution in [0.1, 0.15) is 5.56 Å². The summed E-state index contributed by atoms with van der Waals surface area (Å²) >= 11 is 1.12. The van der Waals surface area contributed by atoms with Crippen LogP contribution >= 0.6 is 11.8 Å². The molecule has 1 aromatic heterocycles. The Balaban J connectivity index is 1.37. The Morgan fingerprint density at radius 3 is 2.59 bits per heavy atom. The van der Waals surface area contributed by atoms with Gasteiger partial charge in [0.1, 0.15) is 11.3 Å². The first-order chi connectivity index (χ1) is 13.1. The van der Waals surface area contributed by atoms with Gasteiger partial charge in [-0.2, -0.15) is 5.26 Å². The summed E-state index contributed by atoms with van der Waals surface area (Å²) in [5.74, 6) is -0.445. The molecule has 0 atom stereocenters. The van der Waals surface area contributed by atoms with E-state index in [1.807, 2.05) is 24.3 Å². The lowest BCUT2D eigenvalue weighted by molar-refractivity contribution is -0.128. The summed E-state index contributed by atoms with van der Waals surface area (Å²) in [6, 6.07) is 15.6. The fraction of sp³-hybridized carbons (Fsp3) is 0.111. The number of carbonyl (C=O) groups is 2. The lowest BCUT2D eigenvalue weighted by Gasteiger charge is -2.08. The van der Waals surface area contributed by atoms with Crippen molar-refractivity contribution in [2.45, 2.75) is 5.22 Å². The Morgan fingerprint density at radius 2 is 1.85 bits per heavy atom. The lowest BCUT2D eigenvalue weighted by Crippen LogP contribution is -2.44. The van der Waals surface area contributed by atoms with Gasteiger partial charge < -0.3 is 9.15 Å². The Labute approximate surface area is 158 Å². The largest absolute Gasteiger partial charge is 0.484 e. The van der Waals surface area contributed by atoms with Gasteiger partial charge in [-0.25, -0.2) is 4.98 Å². The summed E-state index contributed by atoms with van der Waals surface area (Å²) in [6.45, 7) is -0.273. The third kappa shape index (κ3) is 5.23. The molecule has 1 heterocycles. The molecule has 0 unspecified atom stereocenters. The second-order valence-corrected chi connectivity index (χ2v) is 6.18. The Morgan fingerprint density at radius 1 is 1.11 bits per heavy atom. The van der Waals surface area contributed by atoms with Gasteiger partial charge in [0.15, 0.2) is 12.2 Å². The third-order valence-corrected chi connectivity index (χ3v) is 4.12. The molecule has 0 aliphatic rings. The number of carbonyl (C=O) groups excluding carboxylic acids is 2. The first kappa shape index (κ1) is 18.3. The molecule has 8 nitrogen and oxygen atoms in total. The molecule has 0 radical (unpaired) electrons. The predicted octanol–water partition coefficient (Wildman–Crippen LogP) is 2.02. The van der Waals surface area contributed by atoms with Crippen LogP contribution in [0, 0.1) is 11.3 Å². The van der Waals surface area contributed by atoms with Crippen molar-refractivity contribution >= 4 is 34.7 Å². The molecule has 0 aliphatic carbocycles. The van der Waals surface area contributed by atoms with E-state index >= 15 is 0 Å². The van der Waals surface area contributed by atoms with Crippen molar-refractivity contribution in [2.75, 3.05) is 12.4 Å². The molecular weight excluding hydrogens is 368 g/mol. The van der Waals surface area contributed by atoms with E-state index in [2.05, 4.69) is 15.8 Å². The first-order valence-corrected chi connectivity index (χ1v) is 8.81. The number of thioether (sulfide) groups is 1. The zero-order chi connectivity index (χ0) is 19.1. The monoisotopic (exact) mass is 382 g/mol. The van der Waals surface area contributed by atoms with Crippen LogP contribution in [0.2, 0.25) is 0 Å². The predicted molar refractivity (Wildman–Crippen MR) is 97.7 cm³/mol. The maximum atomic E-state index is 11.8. The Hall–Kier alpha value is -3.51. The van der Waals surface area contributed by atoms with Crippen LogP contribution in [0.15, 0.2) is 58.2 Å². The number of nitrogens with zero attached hydrogens (tertiary/aromatic N) is 2. The number of para-hydroxylation sites is 2. The molecule has 0 fully saturated rings. The van der Waals surface area contributed by atoms with Gasteiger partial charge in [0.05, 0.1) is 17.4 Å². The maximum Gasteiger partial charge on any atom is 0.276 e. The van der Waals surface area contributed by atoms with Crippen molar-refractivity contribution in [3.05, 3.63) is 54.1 Å². The molecule has 2 aromatic carbocycles. The molecule has 9 heteroatoms. The number of rotatable bonds is 6. The molecule has 2 N–H and O–H groups in total. The summed E-state index contributed by atoms with van der Waals surface area (Å²) in [4.78, 5) is 27.7. The molecule has 27 heavy (non-hydrogen) atoms. The molecule has 136 valence electrons. The third-order valence-electron chi connectivity index (χ3n) is 3.30. The molecule has 2 amide bonds. The highest BCUT2D eigenvalue weighted by atomic mass is 32.2. The number of amides is 2. The number of hydrogen-bond acceptors (Lipinski definition) is 7. The van der Waals surface area contributed by atoms with Crippen LogP contribution < -0.4 is 15.6 Å². The highest BCUT2D eigenvalue weighted by Crippen LogP contribution is 2.22. The van der Waals surface area contributed by atoms with Crippen molar-refractivity contribution in [3.63, 3.8) is 0 Å². The van der Waals surface area contributed by atoms with Gasteiger partial charge in [0.25, 0.3) is 11.1 Å². The van der Waals surface area contributed by atoms with Crippen molar-refractivity contribution in [2.24, 2.45) is 0 Å². The van der Waals surface area contributed by atoms with E-state index in [9.17, 15) is 9.59 Å².